The van der Waals surface area contributed by atoms with Crippen LogP contribution in [0.15, 0.2) is 30.5 Å². The van der Waals surface area contributed by atoms with Crippen molar-refractivity contribution < 1.29 is 9.59 Å². The summed E-state index contributed by atoms with van der Waals surface area (Å²) in [6.07, 6.45) is 2.25. The van der Waals surface area contributed by atoms with Gasteiger partial charge in [0, 0.05) is 30.1 Å². The highest BCUT2D eigenvalue weighted by atomic mass is 16.2. The molecule has 1 aliphatic rings. The smallest absolute Gasteiger partial charge is 0.234 e. The van der Waals surface area contributed by atoms with Gasteiger partial charge in [0.15, 0.2) is 0 Å². The maximum atomic E-state index is 11.8. The van der Waals surface area contributed by atoms with Crippen LogP contribution in [0.4, 0.5) is 0 Å². The second kappa shape index (κ2) is 3.98. The molecule has 18 heavy (non-hydrogen) atoms. The molecular weight excluding hydrogens is 228 g/mol. The number of aryl methyl sites for hydroxylation is 1. The number of amides is 2. The highest BCUT2D eigenvalue weighted by molar-refractivity contribution is 6.07. The summed E-state index contributed by atoms with van der Waals surface area (Å²) in [7, 11) is 0. The van der Waals surface area contributed by atoms with Gasteiger partial charge in [0.25, 0.3) is 0 Å². The standard InChI is InChI=1S/C14H14N2O2/c1-2-16-8-11(9-5-3-4-6-12(9)16)10-7-13(17)15-14(10)18/h3-6,8,10H,2,7H2,1H3,(H,15,17,18)/t10-/m1/s1. The monoisotopic (exact) mass is 242 g/mol. The maximum absolute atomic E-state index is 11.8. The number of hydrogen-bond acceptors (Lipinski definition) is 2. The van der Waals surface area contributed by atoms with E-state index in [1.807, 2.05) is 30.5 Å². The molecule has 2 heterocycles. The molecule has 1 atom stereocenters. The Hall–Kier alpha value is -2.10. The minimum atomic E-state index is -0.338. The molecule has 4 heteroatoms. The molecule has 1 N–H and O–H groups in total. The molecule has 0 aliphatic carbocycles. The van der Waals surface area contributed by atoms with Crippen LogP contribution in [0, 0.1) is 0 Å². The summed E-state index contributed by atoms with van der Waals surface area (Å²) >= 11 is 0. The molecule has 4 nitrogen and oxygen atoms in total. The van der Waals surface area contributed by atoms with Gasteiger partial charge in [-0.05, 0) is 18.6 Å². The summed E-state index contributed by atoms with van der Waals surface area (Å²) in [4.78, 5) is 23.1. The average Bonchev–Trinajstić information content (AvgIpc) is 2.89. The van der Waals surface area contributed by atoms with Gasteiger partial charge in [-0.25, -0.2) is 0 Å². The molecule has 0 saturated carbocycles. The number of benzene rings is 1. The van der Waals surface area contributed by atoms with E-state index in [4.69, 9.17) is 0 Å². The van der Waals surface area contributed by atoms with E-state index in [-0.39, 0.29) is 24.2 Å². The van der Waals surface area contributed by atoms with Gasteiger partial charge in [0.1, 0.15) is 0 Å². The van der Waals surface area contributed by atoms with E-state index in [0.29, 0.717) is 0 Å². The van der Waals surface area contributed by atoms with Crippen LogP contribution in [0.2, 0.25) is 0 Å². The van der Waals surface area contributed by atoms with E-state index in [1.54, 1.807) is 0 Å². The first-order valence-corrected chi connectivity index (χ1v) is 6.12. The van der Waals surface area contributed by atoms with Gasteiger partial charge in [-0.3, -0.25) is 14.9 Å². The fourth-order valence-electron chi connectivity index (χ4n) is 2.62. The fraction of sp³-hybridized carbons (Fsp3) is 0.286. The highest BCUT2D eigenvalue weighted by Gasteiger charge is 2.33. The molecule has 0 radical (unpaired) electrons. The van der Waals surface area contributed by atoms with E-state index < -0.39 is 0 Å². The molecule has 1 aromatic carbocycles. The zero-order chi connectivity index (χ0) is 12.7. The van der Waals surface area contributed by atoms with E-state index in [1.165, 1.54) is 0 Å². The Morgan fingerprint density at radius 2 is 2.11 bits per heavy atom. The first kappa shape index (κ1) is 11.0. The van der Waals surface area contributed by atoms with Crippen LogP contribution in [0.3, 0.4) is 0 Å². The molecule has 2 amide bonds. The van der Waals surface area contributed by atoms with Gasteiger partial charge in [0.2, 0.25) is 11.8 Å². The van der Waals surface area contributed by atoms with E-state index >= 15 is 0 Å². The lowest BCUT2D eigenvalue weighted by molar-refractivity contribution is -0.125. The van der Waals surface area contributed by atoms with Gasteiger partial charge in [-0.1, -0.05) is 18.2 Å². The third-order valence-electron chi connectivity index (χ3n) is 3.50. The van der Waals surface area contributed by atoms with Crippen LogP contribution in [0.25, 0.3) is 10.9 Å². The first-order chi connectivity index (χ1) is 8.70. The van der Waals surface area contributed by atoms with Gasteiger partial charge >= 0.3 is 0 Å². The van der Waals surface area contributed by atoms with Crippen LogP contribution in [-0.2, 0) is 16.1 Å². The molecule has 3 rings (SSSR count). The first-order valence-electron chi connectivity index (χ1n) is 6.12. The number of para-hydroxylation sites is 1. The Morgan fingerprint density at radius 3 is 2.78 bits per heavy atom. The molecule has 2 aromatic rings. The largest absolute Gasteiger partial charge is 0.347 e. The fourth-order valence-corrected chi connectivity index (χ4v) is 2.62. The summed E-state index contributed by atoms with van der Waals surface area (Å²) in [6.45, 7) is 2.92. The van der Waals surface area contributed by atoms with Gasteiger partial charge < -0.3 is 4.57 Å². The third kappa shape index (κ3) is 1.53. The molecule has 0 unspecified atom stereocenters. The van der Waals surface area contributed by atoms with Crippen molar-refractivity contribution in [3.8, 4) is 0 Å². The molecule has 92 valence electrons. The number of carbonyl (C=O) groups is 2. The van der Waals surface area contributed by atoms with Crippen LogP contribution in [-0.4, -0.2) is 16.4 Å². The molecular formula is C14H14N2O2. The van der Waals surface area contributed by atoms with Crippen LogP contribution < -0.4 is 5.32 Å². The number of nitrogens with zero attached hydrogens (tertiary/aromatic N) is 1. The Kier molecular flexibility index (Phi) is 2.44. The van der Waals surface area contributed by atoms with Crippen LogP contribution >= 0.6 is 0 Å². The van der Waals surface area contributed by atoms with E-state index in [0.717, 1.165) is 23.0 Å². The third-order valence-corrected chi connectivity index (χ3v) is 3.50. The Labute approximate surface area is 105 Å². The summed E-state index contributed by atoms with van der Waals surface area (Å²) in [5.41, 5.74) is 2.07. The summed E-state index contributed by atoms with van der Waals surface area (Å²) in [6, 6.07) is 7.99. The Bertz CT molecular complexity index is 642. The van der Waals surface area contributed by atoms with Crippen molar-refractivity contribution in [2.45, 2.75) is 25.8 Å². The van der Waals surface area contributed by atoms with Gasteiger partial charge in [0.05, 0.1) is 5.92 Å². The molecule has 1 saturated heterocycles. The number of imide groups is 1. The predicted octanol–water partition coefficient (Wildman–Crippen LogP) is 1.79. The lowest BCUT2D eigenvalue weighted by Crippen LogP contribution is -2.21. The van der Waals surface area contributed by atoms with Gasteiger partial charge in [-0.2, -0.15) is 0 Å². The van der Waals surface area contributed by atoms with Crippen molar-refractivity contribution in [2.75, 3.05) is 0 Å². The normalized spacial score (nSPS) is 19.5. The maximum Gasteiger partial charge on any atom is 0.234 e. The summed E-state index contributed by atoms with van der Waals surface area (Å²) < 4.78 is 2.11. The number of aromatic nitrogens is 1. The average molecular weight is 242 g/mol. The summed E-state index contributed by atoms with van der Waals surface area (Å²) in [5, 5.41) is 3.43. The van der Waals surface area contributed by atoms with Crippen molar-refractivity contribution in [3.05, 3.63) is 36.0 Å². The van der Waals surface area contributed by atoms with E-state index in [9.17, 15) is 9.59 Å². The van der Waals surface area contributed by atoms with Crippen molar-refractivity contribution in [3.63, 3.8) is 0 Å². The molecule has 1 fully saturated rings. The minimum Gasteiger partial charge on any atom is -0.347 e. The van der Waals surface area contributed by atoms with Crippen LogP contribution in [0.1, 0.15) is 24.8 Å². The number of rotatable bonds is 2. The second-order valence-corrected chi connectivity index (χ2v) is 4.56. The lowest BCUT2D eigenvalue weighted by Gasteiger charge is -2.03. The number of nitrogens with one attached hydrogen (secondary N) is 1. The minimum absolute atomic E-state index is 0.181. The van der Waals surface area contributed by atoms with Crippen LogP contribution in [0.5, 0.6) is 0 Å². The Morgan fingerprint density at radius 1 is 1.33 bits per heavy atom. The Balaban J connectivity index is 2.17. The SMILES string of the molecule is CCn1cc([C@H]2CC(=O)NC2=O)c2ccccc21. The van der Waals surface area contributed by atoms with Crippen molar-refractivity contribution >= 4 is 22.7 Å². The quantitative estimate of drug-likeness (QED) is 0.816. The number of hydrogen-bond donors (Lipinski definition) is 1. The molecule has 1 aromatic heterocycles. The number of carbonyl (C=O) groups excluding carboxylic acids is 2. The zero-order valence-corrected chi connectivity index (χ0v) is 10.1. The van der Waals surface area contributed by atoms with Gasteiger partial charge in [-0.15, -0.1) is 0 Å². The zero-order valence-electron chi connectivity index (χ0n) is 10.1. The highest BCUT2D eigenvalue weighted by Crippen LogP contribution is 2.32. The van der Waals surface area contributed by atoms with E-state index in [2.05, 4.69) is 16.8 Å². The topological polar surface area (TPSA) is 51.1 Å². The molecule has 1 aliphatic heterocycles. The molecule has 0 spiro atoms. The van der Waals surface area contributed by atoms with Crippen molar-refractivity contribution in [1.82, 2.24) is 9.88 Å². The second-order valence-electron chi connectivity index (χ2n) is 4.56. The lowest BCUT2D eigenvalue weighted by atomic mass is 9.97. The molecule has 0 bridgehead atoms. The number of fused-ring (bicyclic) bond motifs is 1. The van der Waals surface area contributed by atoms with Crippen molar-refractivity contribution in [2.24, 2.45) is 0 Å². The van der Waals surface area contributed by atoms with Crippen molar-refractivity contribution in [1.29, 1.82) is 0 Å². The predicted molar refractivity (Wildman–Crippen MR) is 68.1 cm³/mol. The summed E-state index contributed by atoms with van der Waals surface area (Å²) in [5.74, 6) is -0.701.